The normalized spacial score (nSPS) is 24.8. The van der Waals surface area contributed by atoms with Crippen molar-refractivity contribution in [3.63, 3.8) is 0 Å². The van der Waals surface area contributed by atoms with E-state index in [-0.39, 0.29) is 23.3 Å². The zero-order chi connectivity index (χ0) is 16.7. The Kier molecular flexibility index (Phi) is 3.69. The SMILES string of the molecule is Cc1ccccc1C1(C(=O)N2C[C@@H](N)[C@H](c3ccccc3)C2)CC1. The number of hydrogen-bond acceptors (Lipinski definition) is 2. The minimum Gasteiger partial charge on any atom is -0.340 e. The van der Waals surface area contributed by atoms with Gasteiger partial charge in [-0.25, -0.2) is 0 Å². The van der Waals surface area contributed by atoms with E-state index in [1.54, 1.807) is 0 Å². The second-order valence-electron chi connectivity index (χ2n) is 7.29. The van der Waals surface area contributed by atoms with Crippen LogP contribution in [0.25, 0.3) is 0 Å². The van der Waals surface area contributed by atoms with Gasteiger partial charge in [-0.1, -0.05) is 54.6 Å². The van der Waals surface area contributed by atoms with E-state index in [1.807, 2.05) is 35.2 Å². The molecule has 2 aromatic carbocycles. The van der Waals surface area contributed by atoms with E-state index in [1.165, 1.54) is 16.7 Å². The van der Waals surface area contributed by atoms with Crippen LogP contribution in [0.5, 0.6) is 0 Å². The van der Waals surface area contributed by atoms with Gasteiger partial charge >= 0.3 is 0 Å². The van der Waals surface area contributed by atoms with Gasteiger partial charge in [0.15, 0.2) is 0 Å². The largest absolute Gasteiger partial charge is 0.340 e. The van der Waals surface area contributed by atoms with E-state index >= 15 is 0 Å². The minimum absolute atomic E-state index is 0.0176. The van der Waals surface area contributed by atoms with Crippen molar-refractivity contribution in [1.29, 1.82) is 0 Å². The minimum atomic E-state index is -0.295. The number of carbonyl (C=O) groups excluding carboxylic acids is 1. The van der Waals surface area contributed by atoms with Gasteiger partial charge in [0.05, 0.1) is 5.41 Å². The molecule has 4 rings (SSSR count). The van der Waals surface area contributed by atoms with Crippen molar-refractivity contribution >= 4 is 5.91 Å². The topological polar surface area (TPSA) is 46.3 Å². The van der Waals surface area contributed by atoms with Crippen LogP contribution in [-0.2, 0) is 10.2 Å². The molecule has 1 heterocycles. The molecule has 1 aliphatic carbocycles. The number of hydrogen-bond donors (Lipinski definition) is 1. The Hall–Kier alpha value is -2.13. The molecule has 0 unspecified atom stereocenters. The van der Waals surface area contributed by atoms with Crippen LogP contribution in [-0.4, -0.2) is 29.9 Å². The van der Waals surface area contributed by atoms with E-state index in [2.05, 4.69) is 31.2 Å². The van der Waals surface area contributed by atoms with Crippen molar-refractivity contribution in [2.45, 2.75) is 37.1 Å². The van der Waals surface area contributed by atoms with Crippen LogP contribution in [0.1, 0.15) is 35.4 Å². The van der Waals surface area contributed by atoms with Crippen LogP contribution in [0.4, 0.5) is 0 Å². The number of aryl methyl sites for hydroxylation is 1. The van der Waals surface area contributed by atoms with Crippen molar-refractivity contribution in [1.82, 2.24) is 4.90 Å². The maximum atomic E-state index is 13.3. The summed E-state index contributed by atoms with van der Waals surface area (Å²) >= 11 is 0. The smallest absolute Gasteiger partial charge is 0.233 e. The fourth-order valence-corrected chi connectivity index (χ4v) is 4.18. The third-order valence-electron chi connectivity index (χ3n) is 5.70. The van der Waals surface area contributed by atoms with E-state index in [0.717, 1.165) is 19.4 Å². The van der Waals surface area contributed by atoms with Gasteiger partial charge in [-0.05, 0) is 36.5 Å². The fourth-order valence-electron chi connectivity index (χ4n) is 4.18. The van der Waals surface area contributed by atoms with E-state index < -0.39 is 0 Å². The average molecular weight is 320 g/mol. The molecule has 124 valence electrons. The molecule has 2 fully saturated rings. The highest BCUT2D eigenvalue weighted by Gasteiger charge is 2.54. The summed E-state index contributed by atoms with van der Waals surface area (Å²) in [5.41, 5.74) is 9.73. The van der Waals surface area contributed by atoms with Crippen LogP contribution in [0.3, 0.4) is 0 Å². The number of carbonyl (C=O) groups is 1. The number of rotatable bonds is 3. The number of amides is 1. The third kappa shape index (κ3) is 2.44. The summed E-state index contributed by atoms with van der Waals surface area (Å²) in [5, 5.41) is 0. The molecular weight excluding hydrogens is 296 g/mol. The molecule has 0 aromatic heterocycles. The Balaban J connectivity index is 1.57. The van der Waals surface area contributed by atoms with Crippen LogP contribution in [0.2, 0.25) is 0 Å². The number of nitrogens with zero attached hydrogens (tertiary/aromatic N) is 1. The molecule has 2 atom stereocenters. The second-order valence-corrected chi connectivity index (χ2v) is 7.29. The third-order valence-corrected chi connectivity index (χ3v) is 5.70. The van der Waals surface area contributed by atoms with Gasteiger partial charge in [0.2, 0.25) is 5.91 Å². The van der Waals surface area contributed by atoms with Crippen LogP contribution < -0.4 is 5.73 Å². The zero-order valence-corrected chi connectivity index (χ0v) is 14.1. The Morgan fingerprint density at radius 2 is 1.71 bits per heavy atom. The van der Waals surface area contributed by atoms with Crippen molar-refractivity contribution in [3.8, 4) is 0 Å². The second kappa shape index (κ2) is 5.75. The lowest BCUT2D eigenvalue weighted by Crippen LogP contribution is -2.39. The van der Waals surface area contributed by atoms with Crippen molar-refractivity contribution in [2.75, 3.05) is 13.1 Å². The molecule has 1 saturated heterocycles. The zero-order valence-electron chi connectivity index (χ0n) is 14.1. The summed E-state index contributed by atoms with van der Waals surface area (Å²) in [6.07, 6.45) is 1.91. The maximum Gasteiger partial charge on any atom is 0.233 e. The van der Waals surface area contributed by atoms with E-state index in [0.29, 0.717) is 6.54 Å². The quantitative estimate of drug-likeness (QED) is 0.945. The predicted molar refractivity (Wildman–Crippen MR) is 95.8 cm³/mol. The molecule has 2 N–H and O–H groups in total. The molecule has 0 radical (unpaired) electrons. The Labute approximate surface area is 143 Å². The highest BCUT2D eigenvalue weighted by Crippen LogP contribution is 2.51. The maximum absolute atomic E-state index is 13.3. The standard InChI is InChI=1S/C21H24N2O/c1-15-7-5-6-10-18(15)21(11-12-21)20(24)23-13-17(19(22)14-23)16-8-3-2-4-9-16/h2-10,17,19H,11-14,22H2,1H3/t17-,19+/m0/s1. The predicted octanol–water partition coefficient (Wildman–Crippen LogP) is 2.98. The monoisotopic (exact) mass is 320 g/mol. The number of nitrogens with two attached hydrogens (primary N) is 1. The van der Waals surface area contributed by atoms with Gasteiger partial charge in [-0.3, -0.25) is 4.79 Å². The summed E-state index contributed by atoms with van der Waals surface area (Å²) in [6, 6.07) is 18.7. The van der Waals surface area contributed by atoms with Crippen LogP contribution in [0.15, 0.2) is 54.6 Å². The first-order valence-corrected chi connectivity index (χ1v) is 8.78. The Morgan fingerprint density at radius 3 is 2.38 bits per heavy atom. The summed E-state index contributed by atoms with van der Waals surface area (Å²) in [5.74, 6) is 0.508. The lowest BCUT2D eigenvalue weighted by atomic mass is 9.90. The van der Waals surface area contributed by atoms with E-state index in [9.17, 15) is 4.79 Å². The van der Waals surface area contributed by atoms with Crippen LogP contribution in [0, 0.1) is 6.92 Å². The first kappa shape index (κ1) is 15.4. The molecular formula is C21H24N2O. The van der Waals surface area contributed by atoms with E-state index in [4.69, 9.17) is 5.73 Å². The number of benzene rings is 2. The molecule has 1 aliphatic heterocycles. The summed E-state index contributed by atoms with van der Waals surface area (Å²) < 4.78 is 0. The van der Waals surface area contributed by atoms with Crippen molar-refractivity contribution in [2.24, 2.45) is 5.73 Å². The van der Waals surface area contributed by atoms with Gasteiger partial charge in [0, 0.05) is 25.0 Å². The molecule has 24 heavy (non-hydrogen) atoms. The fraction of sp³-hybridized carbons (Fsp3) is 0.381. The molecule has 1 saturated carbocycles. The van der Waals surface area contributed by atoms with Crippen molar-refractivity contribution < 1.29 is 4.79 Å². The Bertz CT molecular complexity index is 751. The summed E-state index contributed by atoms with van der Waals surface area (Å²) in [6.45, 7) is 3.49. The van der Waals surface area contributed by atoms with Gasteiger partial charge in [-0.2, -0.15) is 0 Å². The lowest BCUT2D eigenvalue weighted by Gasteiger charge is -2.24. The van der Waals surface area contributed by atoms with Gasteiger partial charge in [-0.15, -0.1) is 0 Å². The van der Waals surface area contributed by atoms with Gasteiger partial charge in [0.25, 0.3) is 0 Å². The summed E-state index contributed by atoms with van der Waals surface area (Å²) in [7, 11) is 0. The molecule has 2 aromatic rings. The summed E-state index contributed by atoms with van der Waals surface area (Å²) in [4.78, 5) is 15.3. The molecule has 1 amide bonds. The Morgan fingerprint density at radius 1 is 1.04 bits per heavy atom. The molecule has 0 spiro atoms. The van der Waals surface area contributed by atoms with Gasteiger partial charge < -0.3 is 10.6 Å². The molecule has 3 nitrogen and oxygen atoms in total. The molecule has 3 heteroatoms. The van der Waals surface area contributed by atoms with Crippen molar-refractivity contribution in [3.05, 3.63) is 71.3 Å². The first-order chi connectivity index (χ1) is 11.6. The average Bonchev–Trinajstić information content (AvgIpc) is 3.32. The highest BCUT2D eigenvalue weighted by molar-refractivity contribution is 5.92. The van der Waals surface area contributed by atoms with Crippen LogP contribution >= 0.6 is 0 Å². The van der Waals surface area contributed by atoms with Gasteiger partial charge in [0.1, 0.15) is 0 Å². The number of likely N-dealkylation sites (tertiary alicyclic amines) is 1. The molecule has 2 aliphatic rings. The lowest BCUT2D eigenvalue weighted by molar-refractivity contribution is -0.133. The molecule has 0 bridgehead atoms. The highest BCUT2D eigenvalue weighted by atomic mass is 16.2. The first-order valence-electron chi connectivity index (χ1n) is 8.78.